The van der Waals surface area contributed by atoms with Gasteiger partial charge in [-0.3, -0.25) is 0 Å². The zero-order valence-electron chi connectivity index (χ0n) is 9.80. The lowest BCUT2D eigenvalue weighted by Gasteiger charge is -2.11. The maximum atomic E-state index is 11.8. The second kappa shape index (κ2) is 6.70. The van der Waals surface area contributed by atoms with Gasteiger partial charge in [0.2, 0.25) is 10.0 Å². The van der Waals surface area contributed by atoms with E-state index >= 15 is 0 Å². The number of hydrogen-bond acceptors (Lipinski definition) is 4. The zero-order valence-corrected chi connectivity index (χ0v) is 10.6. The quantitative estimate of drug-likeness (QED) is 0.738. The standard InChI is InChI=1S/C11H18N2O3S/c1-16-9-10(12)7-8-13-17(14,15)11-5-3-2-4-6-11/h2-6,10,13H,7-9,12H2,1H3. The minimum atomic E-state index is -3.42. The number of hydrogen-bond donors (Lipinski definition) is 2. The van der Waals surface area contributed by atoms with Gasteiger partial charge < -0.3 is 10.5 Å². The number of sulfonamides is 1. The Morgan fingerprint density at radius 1 is 1.35 bits per heavy atom. The average molecular weight is 258 g/mol. The summed E-state index contributed by atoms with van der Waals surface area (Å²) in [4.78, 5) is 0.264. The topological polar surface area (TPSA) is 81.4 Å². The smallest absolute Gasteiger partial charge is 0.240 e. The van der Waals surface area contributed by atoms with Gasteiger partial charge >= 0.3 is 0 Å². The lowest BCUT2D eigenvalue weighted by Crippen LogP contribution is -2.32. The second-order valence-corrected chi connectivity index (χ2v) is 5.48. The Morgan fingerprint density at radius 3 is 2.59 bits per heavy atom. The Kier molecular flexibility index (Phi) is 5.57. The number of methoxy groups -OCH3 is 1. The molecule has 0 radical (unpaired) electrons. The van der Waals surface area contributed by atoms with Gasteiger partial charge in [0.1, 0.15) is 0 Å². The number of benzene rings is 1. The molecule has 3 N–H and O–H groups in total. The summed E-state index contributed by atoms with van der Waals surface area (Å²) in [5.74, 6) is 0. The van der Waals surface area contributed by atoms with Gasteiger partial charge in [-0.1, -0.05) is 18.2 Å². The van der Waals surface area contributed by atoms with Gasteiger partial charge in [0, 0.05) is 19.7 Å². The van der Waals surface area contributed by atoms with Crippen LogP contribution in [0.5, 0.6) is 0 Å². The fourth-order valence-electron chi connectivity index (χ4n) is 1.36. The predicted octanol–water partition coefficient (Wildman–Crippen LogP) is 0.329. The first-order valence-electron chi connectivity index (χ1n) is 5.35. The summed E-state index contributed by atoms with van der Waals surface area (Å²) in [6, 6.07) is 8.09. The van der Waals surface area contributed by atoms with E-state index in [1.807, 2.05) is 0 Å². The largest absolute Gasteiger partial charge is 0.383 e. The molecule has 0 amide bonds. The van der Waals surface area contributed by atoms with Crippen molar-refractivity contribution in [3.8, 4) is 0 Å². The first-order chi connectivity index (χ1) is 8.06. The van der Waals surface area contributed by atoms with Crippen LogP contribution in [0.15, 0.2) is 35.2 Å². The van der Waals surface area contributed by atoms with Crippen molar-refractivity contribution in [2.24, 2.45) is 5.73 Å². The van der Waals surface area contributed by atoms with Crippen LogP contribution >= 0.6 is 0 Å². The third-order valence-corrected chi connectivity index (χ3v) is 3.72. The van der Waals surface area contributed by atoms with Crippen LogP contribution in [0, 0.1) is 0 Å². The van der Waals surface area contributed by atoms with Crippen molar-refractivity contribution in [1.82, 2.24) is 4.72 Å². The van der Waals surface area contributed by atoms with E-state index in [0.29, 0.717) is 19.6 Å². The van der Waals surface area contributed by atoms with Crippen LogP contribution in [0.2, 0.25) is 0 Å². The Balaban J connectivity index is 2.46. The summed E-state index contributed by atoms with van der Waals surface area (Å²) < 4.78 is 30.9. The molecule has 17 heavy (non-hydrogen) atoms. The van der Waals surface area contributed by atoms with E-state index < -0.39 is 10.0 Å². The fourth-order valence-corrected chi connectivity index (χ4v) is 2.43. The Bertz CT molecular complexity index is 420. The molecule has 1 aromatic rings. The van der Waals surface area contributed by atoms with E-state index in [-0.39, 0.29) is 10.9 Å². The molecule has 0 aromatic heterocycles. The monoisotopic (exact) mass is 258 g/mol. The molecule has 0 aliphatic carbocycles. The molecule has 6 heteroatoms. The normalized spacial score (nSPS) is 13.5. The molecule has 5 nitrogen and oxygen atoms in total. The minimum Gasteiger partial charge on any atom is -0.383 e. The predicted molar refractivity (Wildman–Crippen MR) is 66.1 cm³/mol. The molecule has 0 spiro atoms. The highest BCUT2D eigenvalue weighted by Crippen LogP contribution is 2.06. The second-order valence-electron chi connectivity index (χ2n) is 3.71. The first kappa shape index (κ1) is 14.1. The van der Waals surface area contributed by atoms with Gasteiger partial charge in [0.15, 0.2) is 0 Å². The van der Waals surface area contributed by atoms with E-state index in [4.69, 9.17) is 10.5 Å². The maximum absolute atomic E-state index is 11.8. The third kappa shape index (κ3) is 4.82. The molecule has 1 unspecified atom stereocenters. The van der Waals surface area contributed by atoms with Crippen LogP contribution in [-0.2, 0) is 14.8 Å². The molecule has 0 heterocycles. The van der Waals surface area contributed by atoms with Crippen LogP contribution in [0.25, 0.3) is 0 Å². The van der Waals surface area contributed by atoms with Crippen molar-refractivity contribution in [1.29, 1.82) is 0 Å². The lowest BCUT2D eigenvalue weighted by molar-refractivity contribution is 0.177. The van der Waals surface area contributed by atoms with Crippen LogP contribution < -0.4 is 10.5 Å². The highest BCUT2D eigenvalue weighted by molar-refractivity contribution is 7.89. The van der Waals surface area contributed by atoms with E-state index in [0.717, 1.165) is 0 Å². The molecule has 0 saturated heterocycles. The van der Waals surface area contributed by atoms with Crippen molar-refractivity contribution >= 4 is 10.0 Å². The summed E-state index contributed by atoms with van der Waals surface area (Å²) in [7, 11) is -1.85. The van der Waals surface area contributed by atoms with Gasteiger partial charge in [-0.2, -0.15) is 0 Å². The summed E-state index contributed by atoms with van der Waals surface area (Å²) in [6.45, 7) is 0.731. The third-order valence-electron chi connectivity index (χ3n) is 2.24. The summed E-state index contributed by atoms with van der Waals surface area (Å²) >= 11 is 0. The Labute approximate surface area is 102 Å². The highest BCUT2D eigenvalue weighted by atomic mass is 32.2. The molecular formula is C11H18N2O3S. The molecule has 1 atom stereocenters. The van der Waals surface area contributed by atoms with Gasteiger partial charge in [0.25, 0.3) is 0 Å². The SMILES string of the molecule is COCC(N)CCNS(=O)(=O)c1ccccc1. The average Bonchev–Trinajstić information content (AvgIpc) is 2.30. The molecule has 0 aliphatic rings. The van der Waals surface area contributed by atoms with Crippen LogP contribution in [0.3, 0.4) is 0 Å². The molecule has 0 aliphatic heterocycles. The van der Waals surface area contributed by atoms with Gasteiger partial charge in [0.05, 0.1) is 11.5 Å². The maximum Gasteiger partial charge on any atom is 0.240 e. The number of nitrogens with one attached hydrogen (secondary N) is 1. The molecule has 0 fully saturated rings. The van der Waals surface area contributed by atoms with Crippen LogP contribution in [0.1, 0.15) is 6.42 Å². The summed E-state index contributed by atoms with van der Waals surface area (Å²) in [6.07, 6.45) is 0.542. The van der Waals surface area contributed by atoms with Crippen molar-refractivity contribution in [3.63, 3.8) is 0 Å². The van der Waals surface area contributed by atoms with Crippen molar-refractivity contribution < 1.29 is 13.2 Å². The zero-order chi connectivity index (χ0) is 12.7. The molecule has 0 saturated carbocycles. The number of nitrogens with two attached hydrogens (primary N) is 1. The molecule has 0 bridgehead atoms. The van der Waals surface area contributed by atoms with Crippen molar-refractivity contribution in [3.05, 3.63) is 30.3 Å². The van der Waals surface area contributed by atoms with Gasteiger partial charge in [-0.15, -0.1) is 0 Å². The minimum absolute atomic E-state index is 0.154. The van der Waals surface area contributed by atoms with E-state index in [2.05, 4.69) is 4.72 Å². The van der Waals surface area contributed by atoms with Crippen LogP contribution in [0.4, 0.5) is 0 Å². The molecule has 96 valence electrons. The highest BCUT2D eigenvalue weighted by Gasteiger charge is 2.12. The fraction of sp³-hybridized carbons (Fsp3) is 0.455. The molecule has 1 rings (SSSR count). The van der Waals surface area contributed by atoms with E-state index in [9.17, 15) is 8.42 Å². The van der Waals surface area contributed by atoms with Gasteiger partial charge in [-0.25, -0.2) is 13.1 Å². The van der Waals surface area contributed by atoms with Crippen LogP contribution in [-0.4, -0.2) is 34.7 Å². The van der Waals surface area contributed by atoms with E-state index in [1.54, 1.807) is 37.4 Å². The number of ether oxygens (including phenoxy) is 1. The molecular weight excluding hydrogens is 240 g/mol. The summed E-state index contributed by atoms with van der Waals surface area (Å²) in [5, 5.41) is 0. The van der Waals surface area contributed by atoms with Crippen molar-refractivity contribution in [2.75, 3.05) is 20.3 Å². The van der Waals surface area contributed by atoms with Gasteiger partial charge in [-0.05, 0) is 18.6 Å². The van der Waals surface area contributed by atoms with Crippen molar-refractivity contribution in [2.45, 2.75) is 17.4 Å². The Morgan fingerprint density at radius 2 is 2.00 bits per heavy atom. The summed E-state index contributed by atoms with van der Waals surface area (Å²) in [5.41, 5.74) is 5.69. The lowest BCUT2D eigenvalue weighted by atomic mass is 10.2. The Hall–Kier alpha value is -0.950. The molecule has 1 aromatic carbocycles. The van der Waals surface area contributed by atoms with E-state index in [1.165, 1.54) is 0 Å². The first-order valence-corrected chi connectivity index (χ1v) is 6.84. The number of rotatable bonds is 7.